The molecule has 2 unspecified atom stereocenters. The van der Waals surface area contributed by atoms with E-state index in [1.165, 1.54) is 47.3 Å². The Morgan fingerprint density at radius 2 is 1.00 bits per heavy atom. The van der Waals surface area contributed by atoms with Gasteiger partial charge in [0.1, 0.15) is 23.7 Å². The van der Waals surface area contributed by atoms with E-state index in [0.717, 1.165) is 51.4 Å². The highest BCUT2D eigenvalue weighted by Gasteiger charge is 2.16. The summed E-state index contributed by atoms with van der Waals surface area (Å²) in [6, 6.07) is 0. The van der Waals surface area contributed by atoms with Gasteiger partial charge in [-0.1, -0.05) is 87.8 Å². The third-order valence-corrected chi connectivity index (χ3v) is 6.59. The van der Waals surface area contributed by atoms with Crippen LogP contribution in [0.3, 0.4) is 0 Å². The van der Waals surface area contributed by atoms with Crippen LogP contribution in [-0.4, -0.2) is 35.7 Å². The zero-order valence-corrected chi connectivity index (χ0v) is 20.1. The normalized spacial score (nSPS) is 13.1. The minimum atomic E-state index is -0.177. The summed E-state index contributed by atoms with van der Waals surface area (Å²) < 4.78 is 11.2. The maximum Gasteiger partial charge on any atom is 0.317 e. The fraction of sp³-hybridized carbons (Fsp3) is 0.909. The molecular weight excluding hydrogens is 392 g/mol. The van der Waals surface area contributed by atoms with E-state index in [2.05, 4.69) is 27.7 Å². The van der Waals surface area contributed by atoms with Gasteiger partial charge in [0.15, 0.2) is 0 Å². The van der Waals surface area contributed by atoms with Gasteiger partial charge < -0.3 is 9.47 Å². The maximum atomic E-state index is 12.0. The molecule has 0 N–H and O–H groups in total. The van der Waals surface area contributed by atoms with Crippen molar-refractivity contribution in [1.82, 2.24) is 0 Å². The van der Waals surface area contributed by atoms with E-state index < -0.39 is 0 Å². The molecule has 0 bridgehead atoms. The SMILES string of the molecule is CCCCCC(CCC)OC(=O)CSSCC(=O)OC(CCC)CCCCC. The zero-order valence-electron chi connectivity index (χ0n) is 18.5. The van der Waals surface area contributed by atoms with Gasteiger partial charge in [-0.15, -0.1) is 0 Å². The predicted octanol–water partition coefficient (Wildman–Crippen LogP) is 6.95. The molecule has 2 atom stereocenters. The summed E-state index contributed by atoms with van der Waals surface area (Å²) in [4.78, 5) is 24.1. The highest BCUT2D eigenvalue weighted by Crippen LogP contribution is 2.23. The molecule has 0 saturated heterocycles. The van der Waals surface area contributed by atoms with E-state index in [0.29, 0.717) is 0 Å². The minimum absolute atomic E-state index is 0.0394. The molecule has 0 aliphatic rings. The monoisotopic (exact) mass is 434 g/mol. The van der Waals surface area contributed by atoms with Crippen molar-refractivity contribution in [1.29, 1.82) is 0 Å². The lowest BCUT2D eigenvalue weighted by Gasteiger charge is -2.17. The number of hydrogen-bond donors (Lipinski definition) is 0. The lowest BCUT2D eigenvalue weighted by atomic mass is 10.1. The first-order chi connectivity index (χ1) is 13.6. The van der Waals surface area contributed by atoms with Crippen molar-refractivity contribution in [2.45, 2.75) is 117 Å². The average molecular weight is 435 g/mol. The van der Waals surface area contributed by atoms with Crippen LogP contribution in [0.2, 0.25) is 0 Å². The summed E-state index contributed by atoms with van der Waals surface area (Å²) in [6.07, 6.45) is 12.8. The number of unbranched alkanes of at least 4 members (excludes halogenated alkanes) is 4. The van der Waals surface area contributed by atoms with Crippen LogP contribution in [-0.2, 0) is 19.1 Å². The fourth-order valence-electron chi connectivity index (χ4n) is 3.03. The van der Waals surface area contributed by atoms with Crippen LogP contribution in [0.15, 0.2) is 0 Å². The third kappa shape index (κ3) is 16.6. The number of carbonyl (C=O) groups is 2. The first kappa shape index (κ1) is 27.6. The largest absolute Gasteiger partial charge is 0.462 e. The molecule has 0 heterocycles. The zero-order chi connectivity index (χ0) is 21.0. The molecule has 0 saturated carbocycles. The van der Waals surface area contributed by atoms with E-state index in [1.54, 1.807) is 0 Å². The Kier molecular flexibility index (Phi) is 19.7. The second-order valence-electron chi connectivity index (χ2n) is 7.32. The van der Waals surface area contributed by atoms with Crippen molar-refractivity contribution in [2.75, 3.05) is 11.5 Å². The molecular formula is C22H42O4S2. The molecule has 0 aromatic heterocycles. The van der Waals surface area contributed by atoms with Gasteiger partial charge in [-0.05, 0) is 38.5 Å². The molecule has 0 spiro atoms. The predicted molar refractivity (Wildman–Crippen MR) is 123 cm³/mol. The van der Waals surface area contributed by atoms with Crippen molar-refractivity contribution in [3.8, 4) is 0 Å². The molecule has 0 aliphatic carbocycles. The quantitative estimate of drug-likeness (QED) is 0.124. The lowest BCUT2D eigenvalue weighted by molar-refractivity contribution is -0.147. The van der Waals surface area contributed by atoms with E-state index in [9.17, 15) is 9.59 Å². The molecule has 0 radical (unpaired) electrons. The smallest absolute Gasteiger partial charge is 0.317 e. The fourth-order valence-corrected chi connectivity index (χ4v) is 4.60. The molecule has 0 rings (SSSR count). The van der Waals surface area contributed by atoms with Gasteiger partial charge in [-0.25, -0.2) is 0 Å². The van der Waals surface area contributed by atoms with Gasteiger partial charge in [0.2, 0.25) is 0 Å². The van der Waals surface area contributed by atoms with Crippen molar-refractivity contribution >= 4 is 33.5 Å². The maximum absolute atomic E-state index is 12.0. The number of carbonyl (C=O) groups excluding carboxylic acids is 2. The Morgan fingerprint density at radius 3 is 1.32 bits per heavy atom. The Hall–Kier alpha value is -0.360. The summed E-state index contributed by atoms with van der Waals surface area (Å²) in [5, 5.41) is 0. The van der Waals surface area contributed by atoms with E-state index >= 15 is 0 Å². The molecule has 0 amide bonds. The Labute approximate surface area is 181 Å². The topological polar surface area (TPSA) is 52.6 Å². The first-order valence-electron chi connectivity index (χ1n) is 11.2. The lowest BCUT2D eigenvalue weighted by Crippen LogP contribution is -2.20. The molecule has 0 fully saturated rings. The molecule has 28 heavy (non-hydrogen) atoms. The minimum Gasteiger partial charge on any atom is -0.462 e. The van der Waals surface area contributed by atoms with Gasteiger partial charge in [0.05, 0.1) is 0 Å². The van der Waals surface area contributed by atoms with Gasteiger partial charge in [-0.3, -0.25) is 9.59 Å². The van der Waals surface area contributed by atoms with Crippen molar-refractivity contribution in [3.05, 3.63) is 0 Å². The summed E-state index contributed by atoms with van der Waals surface area (Å²) in [7, 11) is 2.76. The van der Waals surface area contributed by atoms with Crippen molar-refractivity contribution < 1.29 is 19.1 Å². The van der Waals surface area contributed by atoms with E-state index in [4.69, 9.17) is 9.47 Å². The molecule has 4 nitrogen and oxygen atoms in total. The summed E-state index contributed by atoms with van der Waals surface area (Å²) in [5.74, 6) is 0.204. The second kappa shape index (κ2) is 19.9. The summed E-state index contributed by atoms with van der Waals surface area (Å²) >= 11 is 0. The Morgan fingerprint density at radius 1 is 0.607 bits per heavy atom. The second-order valence-corrected chi connectivity index (χ2v) is 9.78. The van der Waals surface area contributed by atoms with Crippen LogP contribution in [0.25, 0.3) is 0 Å². The Bertz CT molecular complexity index is 355. The molecule has 166 valence electrons. The van der Waals surface area contributed by atoms with Crippen molar-refractivity contribution in [3.63, 3.8) is 0 Å². The van der Waals surface area contributed by atoms with Gasteiger partial charge in [-0.2, -0.15) is 0 Å². The number of ether oxygens (including phenoxy) is 2. The highest BCUT2D eigenvalue weighted by molar-refractivity contribution is 8.77. The van der Waals surface area contributed by atoms with Crippen LogP contribution in [0.4, 0.5) is 0 Å². The van der Waals surface area contributed by atoms with Crippen molar-refractivity contribution in [2.24, 2.45) is 0 Å². The molecule has 6 heteroatoms. The van der Waals surface area contributed by atoms with Gasteiger partial charge in [0.25, 0.3) is 0 Å². The van der Waals surface area contributed by atoms with Crippen LogP contribution in [0, 0.1) is 0 Å². The Balaban J connectivity index is 4.00. The van der Waals surface area contributed by atoms with Crippen LogP contribution in [0.1, 0.15) is 105 Å². The third-order valence-electron chi connectivity index (χ3n) is 4.51. The molecule has 0 aromatic rings. The number of rotatable bonds is 19. The van der Waals surface area contributed by atoms with E-state index in [-0.39, 0.29) is 35.7 Å². The number of hydrogen-bond acceptors (Lipinski definition) is 6. The van der Waals surface area contributed by atoms with Crippen LogP contribution >= 0.6 is 21.6 Å². The molecule has 0 aromatic carbocycles. The average Bonchev–Trinajstić information content (AvgIpc) is 2.66. The van der Waals surface area contributed by atoms with Crippen LogP contribution in [0.5, 0.6) is 0 Å². The highest BCUT2D eigenvalue weighted by atomic mass is 33.1. The first-order valence-corrected chi connectivity index (χ1v) is 13.7. The van der Waals surface area contributed by atoms with Gasteiger partial charge in [0, 0.05) is 0 Å². The summed E-state index contributed by atoms with van der Waals surface area (Å²) in [5.41, 5.74) is 0. The standard InChI is InChI=1S/C22H42O4S2/c1-5-9-11-15-19(13-7-3)25-21(23)17-27-28-18-22(24)26-20(14-8-4)16-12-10-6-2/h19-20H,5-18H2,1-4H3. The number of esters is 2. The van der Waals surface area contributed by atoms with E-state index in [1.807, 2.05) is 0 Å². The van der Waals surface area contributed by atoms with Crippen LogP contribution < -0.4 is 0 Å². The molecule has 0 aliphatic heterocycles. The summed E-state index contributed by atoms with van der Waals surface area (Å²) in [6.45, 7) is 8.58. The van der Waals surface area contributed by atoms with Gasteiger partial charge >= 0.3 is 11.9 Å².